The van der Waals surface area contributed by atoms with Crippen molar-refractivity contribution in [2.24, 2.45) is 0 Å². The predicted octanol–water partition coefficient (Wildman–Crippen LogP) is 1.48. The Morgan fingerprint density at radius 3 is 2.35 bits per heavy atom. The summed E-state index contributed by atoms with van der Waals surface area (Å²) in [5.41, 5.74) is -0.224. The van der Waals surface area contributed by atoms with Crippen molar-refractivity contribution in [3.63, 3.8) is 0 Å². The number of piperazine rings is 1. The zero-order valence-corrected chi connectivity index (χ0v) is 19.9. The molecule has 0 saturated carbocycles. The Labute approximate surface area is 211 Å². The van der Waals surface area contributed by atoms with Gasteiger partial charge in [0.1, 0.15) is 17.9 Å². The maximum absolute atomic E-state index is 15.0. The van der Waals surface area contributed by atoms with Crippen molar-refractivity contribution in [3.05, 3.63) is 33.9 Å². The van der Waals surface area contributed by atoms with E-state index >= 15 is 0 Å². The molecule has 0 radical (unpaired) electrons. The number of hydrogen-bond donors (Lipinski definition) is 2. The number of anilines is 1. The number of benzene rings is 1. The first kappa shape index (κ1) is 25.4. The minimum atomic E-state index is -1.32. The number of carboxylic acids is 2. The molecule has 1 atom stereocenters. The quantitative estimate of drug-likeness (QED) is 0.644. The number of hydrogen-bond acceptors (Lipinski definition) is 6. The van der Waals surface area contributed by atoms with Crippen LogP contribution in [0.5, 0.6) is 5.75 Å². The van der Waals surface area contributed by atoms with Crippen LogP contribution in [0.2, 0.25) is 0 Å². The second-order valence-corrected chi connectivity index (χ2v) is 7.49. The van der Waals surface area contributed by atoms with Gasteiger partial charge in [0.05, 0.1) is 16.9 Å². The van der Waals surface area contributed by atoms with Crippen LogP contribution < -0.4 is 15.1 Å². The minimum absolute atomic E-state index is 0. The van der Waals surface area contributed by atoms with Crippen molar-refractivity contribution in [1.29, 1.82) is 0 Å². The number of carboxylic acid groups (broad SMARTS) is 2. The number of aromatic nitrogens is 1. The molecule has 4 rings (SSSR count). The standard InChI is InChI=1S/C18H20FN3O4.C2H4O2.Ca.2H/c1-10-9-26-17-14-11(16(23)12(18(24)25)8-22(10)14)7-13(19)15(17)21-5-3-20(2)4-6-21;1-2(3)4;;;/h7-8,10H,3-6,9H2,1-2H3,(H,24,25);1H3,(H,3,4);;;/q;;+2;2*-1. The van der Waals surface area contributed by atoms with Crippen LogP contribution in [0, 0.1) is 5.82 Å². The smallest absolute Gasteiger partial charge is 1.00 e. The fraction of sp³-hybridized carbons (Fsp3) is 0.450. The summed E-state index contributed by atoms with van der Waals surface area (Å²) >= 11 is 0. The van der Waals surface area contributed by atoms with Crippen molar-refractivity contribution in [1.82, 2.24) is 9.47 Å². The summed E-state index contributed by atoms with van der Waals surface area (Å²) in [5.74, 6) is -2.38. The molecule has 0 amide bonds. The van der Waals surface area contributed by atoms with Crippen LogP contribution in [0.25, 0.3) is 10.9 Å². The Morgan fingerprint density at radius 1 is 1.23 bits per heavy atom. The molecule has 1 unspecified atom stereocenters. The van der Waals surface area contributed by atoms with Gasteiger partial charge in [-0.3, -0.25) is 9.59 Å². The Hall–Kier alpha value is -1.88. The summed E-state index contributed by atoms with van der Waals surface area (Å²) in [6, 6.07) is 0.994. The predicted molar refractivity (Wildman–Crippen MR) is 116 cm³/mol. The van der Waals surface area contributed by atoms with Gasteiger partial charge in [0.2, 0.25) is 5.43 Å². The molecule has 3 heterocycles. The van der Waals surface area contributed by atoms with Gasteiger partial charge in [-0.1, -0.05) is 0 Å². The first-order valence-electron chi connectivity index (χ1n) is 9.52. The van der Waals surface area contributed by atoms with Gasteiger partial charge < -0.3 is 32.2 Å². The van der Waals surface area contributed by atoms with Crippen molar-refractivity contribution in [2.45, 2.75) is 19.9 Å². The van der Waals surface area contributed by atoms with E-state index in [2.05, 4.69) is 4.90 Å². The van der Waals surface area contributed by atoms with E-state index < -0.39 is 23.2 Å². The summed E-state index contributed by atoms with van der Waals surface area (Å²) in [4.78, 5) is 37.1. The van der Waals surface area contributed by atoms with Gasteiger partial charge in [0, 0.05) is 39.3 Å². The average molecular weight is 464 g/mol. The first-order chi connectivity index (χ1) is 14.1. The Bertz CT molecular complexity index is 1070. The monoisotopic (exact) mass is 463 g/mol. The maximum atomic E-state index is 15.0. The molecule has 0 bridgehead atoms. The number of aromatic carboxylic acids is 1. The molecule has 2 aliphatic rings. The molecule has 0 spiro atoms. The second kappa shape index (κ2) is 10.2. The number of ether oxygens (including phenoxy) is 1. The van der Waals surface area contributed by atoms with Crippen LogP contribution in [0.4, 0.5) is 10.1 Å². The van der Waals surface area contributed by atoms with Crippen LogP contribution in [0.15, 0.2) is 17.1 Å². The van der Waals surface area contributed by atoms with E-state index in [0.717, 1.165) is 26.1 Å². The summed E-state index contributed by atoms with van der Waals surface area (Å²) < 4.78 is 22.6. The fourth-order valence-electron chi connectivity index (χ4n) is 3.69. The largest absolute Gasteiger partial charge is 2.00 e. The van der Waals surface area contributed by atoms with Gasteiger partial charge >= 0.3 is 43.7 Å². The van der Waals surface area contributed by atoms with Crippen LogP contribution in [0.3, 0.4) is 0 Å². The van der Waals surface area contributed by atoms with E-state index in [0.29, 0.717) is 30.0 Å². The van der Waals surface area contributed by atoms with Crippen molar-refractivity contribution in [3.8, 4) is 5.75 Å². The number of pyridine rings is 1. The average Bonchev–Trinajstić information content (AvgIpc) is 2.66. The molecule has 2 N–H and O–H groups in total. The number of rotatable bonds is 2. The van der Waals surface area contributed by atoms with Crippen LogP contribution in [-0.4, -0.2) is 109 Å². The Kier molecular flexibility index (Phi) is 8.32. The molecule has 2 aromatic rings. The third-order valence-electron chi connectivity index (χ3n) is 5.19. The molecule has 1 saturated heterocycles. The molecule has 31 heavy (non-hydrogen) atoms. The van der Waals surface area contributed by atoms with E-state index in [1.807, 2.05) is 18.9 Å². The van der Waals surface area contributed by atoms with Crippen LogP contribution in [-0.2, 0) is 4.79 Å². The van der Waals surface area contributed by atoms with Gasteiger partial charge in [-0.05, 0) is 20.0 Å². The minimum Gasteiger partial charge on any atom is -1.00 e. The van der Waals surface area contributed by atoms with Crippen LogP contribution >= 0.6 is 0 Å². The number of aliphatic carboxylic acids is 1. The maximum Gasteiger partial charge on any atom is 2.00 e. The second-order valence-electron chi connectivity index (χ2n) is 7.49. The number of halogens is 1. The third-order valence-corrected chi connectivity index (χ3v) is 5.19. The SMILES string of the molecule is CC(=O)O.CC1COc2c(N3CCN(C)CC3)c(F)cc3c(=O)c(C(=O)O)cn1c23.[Ca+2].[H-].[H-]. The van der Waals surface area contributed by atoms with E-state index in [9.17, 15) is 19.1 Å². The molecule has 0 aliphatic carbocycles. The molecular weight excluding hydrogens is 437 g/mol. The number of nitrogens with zero attached hydrogens (tertiary/aromatic N) is 3. The van der Waals surface area contributed by atoms with Crippen LogP contribution in [0.1, 0.15) is 33.1 Å². The molecule has 166 valence electrons. The molecule has 1 aromatic heterocycles. The normalized spacial score (nSPS) is 17.8. The Balaban J connectivity index is 0.00000136. The zero-order valence-electron chi connectivity index (χ0n) is 19.7. The molecule has 1 fully saturated rings. The van der Waals surface area contributed by atoms with E-state index in [4.69, 9.17) is 14.6 Å². The molecule has 9 nitrogen and oxygen atoms in total. The zero-order chi connectivity index (χ0) is 22.2. The molecular formula is C20H26CaFN3O6. The van der Waals surface area contributed by atoms with E-state index in [1.165, 1.54) is 6.20 Å². The first-order valence-corrected chi connectivity index (χ1v) is 9.52. The molecule has 1 aromatic carbocycles. The summed E-state index contributed by atoms with van der Waals surface area (Å²) in [6.45, 7) is 6.16. The van der Waals surface area contributed by atoms with Gasteiger partial charge in [0.15, 0.2) is 11.6 Å². The van der Waals surface area contributed by atoms with Gasteiger partial charge in [-0.15, -0.1) is 0 Å². The topological polar surface area (TPSA) is 112 Å². The van der Waals surface area contributed by atoms with E-state index in [-0.39, 0.29) is 64.2 Å². The Morgan fingerprint density at radius 2 is 1.81 bits per heavy atom. The van der Waals surface area contributed by atoms with Gasteiger partial charge in [0.25, 0.3) is 5.97 Å². The summed E-state index contributed by atoms with van der Waals surface area (Å²) in [7, 11) is 2.02. The van der Waals surface area contributed by atoms with Crippen molar-refractivity contribution < 1.29 is 31.8 Å². The fourth-order valence-corrected chi connectivity index (χ4v) is 3.69. The number of carbonyl (C=O) groups is 2. The number of likely N-dealkylation sites (N-methyl/N-ethyl adjacent to an activating group) is 1. The van der Waals surface area contributed by atoms with Gasteiger partial charge in [-0.2, -0.15) is 0 Å². The third kappa shape index (κ3) is 5.14. The van der Waals surface area contributed by atoms with Crippen molar-refractivity contribution in [2.75, 3.05) is 44.7 Å². The summed E-state index contributed by atoms with van der Waals surface area (Å²) in [6.07, 6.45) is 1.34. The summed E-state index contributed by atoms with van der Waals surface area (Å²) in [5, 5.41) is 16.8. The van der Waals surface area contributed by atoms with Gasteiger partial charge in [-0.25, -0.2) is 9.18 Å². The van der Waals surface area contributed by atoms with E-state index in [1.54, 1.807) is 4.57 Å². The molecule has 11 heteroatoms. The van der Waals surface area contributed by atoms with Crippen molar-refractivity contribution >= 4 is 66.3 Å². The molecule has 2 aliphatic heterocycles.